The van der Waals surface area contributed by atoms with Crippen LogP contribution in [-0.2, 0) is 25.5 Å². The van der Waals surface area contributed by atoms with E-state index in [-0.39, 0.29) is 36.4 Å². The fourth-order valence-corrected chi connectivity index (χ4v) is 7.19. The fourth-order valence-electron chi connectivity index (χ4n) is 7.19. The summed E-state index contributed by atoms with van der Waals surface area (Å²) in [6, 6.07) is 18.0. The van der Waals surface area contributed by atoms with E-state index >= 15 is 0 Å². The lowest BCUT2D eigenvalue weighted by Crippen LogP contribution is -2.50. The van der Waals surface area contributed by atoms with Crippen LogP contribution in [0, 0.1) is 11.8 Å². The van der Waals surface area contributed by atoms with Gasteiger partial charge in [0.25, 0.3) is 5.91 Å². The highest BCUT2D eigenvalue weighted by Crippen LogP contribution is 2.32. The molecule has 0 radical (unpaired) electrons. The van der Waals surface area contributed by atoms with Crippen LogP contribution in [0.3, 0.4) is 0 Å². The van der Waals surface area contributed by atoms with Crippen LogP contribution in [0.4, 0.5) is 16.3 Å². The third-order valence-corrected chi connectivity index (χ3v) is 9.85. The van der Waals surface area contributed by atoms with Crippen molar-refractivity contribution < 1.29 is 23.9 Å². The molecule has 2 aromatic carbocycles. The summed E-state index contributed by atoms with van der Waals surface area (Å²) in [7, 11) is 0. The van der Waals surface area contributed by atoms with Crippen LogP contribution < -0.4 is 20.9 Å². The summed E-state index contributed by atoms with van der Waals surface area (Å²) >= 11 is 0. The lowest BCUT2D eigenvalue weighted by Gasteiger charge is -2.36. The SMILES string of the molecule is CC1CN(c2ccc(-c3ccc(C[C@H](N)C(=O)N(C(=O)C4CCC(CNC(=O)OC(C)(C)C)CC4)c4ccc(-c5nn[nH]n5)cc4)cc3)cn2)CC(C)O1. The maximum absolute atomic E-state index is 14.2. The molecule has 14 nitrogen and oxygen atoms in total. The number of imide groups is 1. The van der Waals surface area contributed by atoms with E-state index in [2.05, 4.69) is 50.8 Å². The average molecular weight is 738 g/mol. The molecule has 1 aliphatic heterocycles. The molecular formula is C40H51N9O5. The number of nitrogens with two attached hydrogens (primary N) is 1. The van der Waals surface area contributed by atoms with Crippen LogP contribution in [0.25, 0.3) is 22.5 Å². The smallest absolute Gasteiger partial charge is 0.407 e. The molecule has 4 aromatic rings. The Balaban J connectivity index is 1.11. The van der Waals surface area contributed by atoms with Crippen molar-refractivity contribution in [2.75, 3.05) is 29.4 Å². The van der Waals surface area contributed by atoms with Gasteiger partial charge in [-0.1, -0.05) is 24.3 Å². The Morgan fingerprint density at radius 2 is 1.59 bits per heavy atom. The van der Waals surface area contributed by atoms with Gasteiger partial charge in [0.1, 0.15) is 11.4 Å². The minimum Gasteiger partial charge on any atom is -0.444 e. The van der Waals surface area contributed by atoms with Gasteiger partial charge in [-0.3, -0.25) is 9.59 Å². The number of aromatic nitrogens is 5. The fraction of sp³-hybridized carbons (Fsp3) is 0.475. The van der Waals surface area contributed by atoms with Crippen molar-refractivity contribution in [3.8, 4) is 22.5 Å². The van der Waals surface area contributed by atoms with Gasteiger partial charge >= 0.3 is 6.09 Å². The van der Waals surface area contributed by atoms with Crippen LogP contribution in [0.5, 0.6) is 0 Å². The summed E-state index contributed by atoms with van der Waals surface area (Å²) < 4.78 is 11.2. The number of benzene rings is 2. The van der Waals surface area contributed by atoms with Gasteiger partial charge in [0, 0.05) is 42.9 Å². The summed E-state index contributed by atoms with van der Waals surface area (Å²) in [6.45, 7) is 11.7. The molecule has 6 rings (SSSR count). The van der Waals surface area contributed by atoms with Crippen LogP contribution in [0.1, 0.15) is 65.9 Å². The normalized spacial score (nSPS) is 20.9. The molecule has 1 saturated heterocycles. The lowest BCUT2D eigenvalue weighted by atomic mass is 9.81. The van der Waals surface area contributed by atoms with Gasteiger partial charge in [-0.05, 0) is 125 Å². The molecule has 2 unspecified atom stereocenters. The van der Waals surface area contributed by atoms with E-state index in [9.17, 15) is 14.4 Å². The molecule has 0 spiro atoms. The number of H-pyrrole nitrogens is 1. The largest absolute Gasteiger partial charge is 0.444 e. The number of hydrogen-bond acceptors (Lipinski definition) is 11. The van der Waals surface area contributed by atoms with Crippen molar-refractivity contribution in [2.45, 2.75) is 90.6 Å². The minimum absolute atomic E-state index is 0.149. The number of aromatic amines is 1. The number of alkyl carbamates (subject to hydrolysis) is 1. The Morgan fingerprint density at radius 3 is 2.19 bits per heavy atom. The van der Waals surface area contributed by atoms with Crippen molar-refractivity contribution in [3.63, 3.8) is 0 Å². The standard InChI is InChI=1S/C40H51N9O5/c1-25-23-48(24-26(2)53-25)35-19-16-32(22-42-35)29-10-6-27(7-11-29)20-34(41)38(51)49(33-17-14-30(15-18-33)36-44-46-47-45-36)37(50)31-12-8-28(9-13-31)21-43-39(52)54-40(3,4)5/h6-7,10-11,14-19,22,25-26,28,31,34H,8-9,12-13,20-21,23-24,41H2,1-5H3,(H,43,52)(H,44,45,46,47)/t25?,26?,28?,31?,34-/m0/s1. The van der Waals surface area contributed by atoms with E-state index < -0.39 is 23.6 Å². The maximum atomic E-state index is 14.2. The zero-order valence-corrected chi connectivity index (χ0v) is 31.7. The van der Waals surface area contributed by atoms with E-state index in [0.29, 0.717) is 36.5 Å². The van der Waals surface area contributed by atoms with E-state index in [1.165, 1.54) is 4.90 Å². The molecular weight excluding hydrogens is 686 g/mol. The van der Waals surface area contributed by atoms with Crippen molar-refractivity contribution >= 4 is 29.4 Å². The second kappa shape index (κ2) is 16.9. The number of carbonyl (C=O) groups excluding carboxylic acids is 3. The number of anilines is 2. The van der Waals surface area contributed by atoms with Gasteiger partial charge in [0.2, 0.25) is 11.7 Å². The quantitative estimate of drug-likeness (QED) is 0.192. The van der Waals surface area contributed by atoms with Crippen LogP contribution >= 0.6 is 0 Å². The van der Waals surface area contributed by atoms with Gasteiger partial charge in [0.15, 0.2) is 0 Å². The van der Waals surface area contributed by atoms with Crippen molar-refractivity contribution in [3.05, 3.63) is 72.4 Å². The van der Waals surface area contributed by atoms with Crippen LogP contribution in [0.15, 0.2) is 66.9 Å². The first-order valence-corrected chi connectivity index (χ1v) is 18.7. The highest BCUT2D eigenvalue weighted by Gasteiger charge is 2.35. The van der Waals surface area contributed by atoms with Crippen molar-refractivity contribution in [2.24, 2.45) is 17.6 Å². The van der Waals surface area contributed by atoms with E-state index in [1.54, 1.807) is 24.3 Å². The first-order chi connectivity index (χ1) is 25.8. The highest BCUT2D eigenvalue weighted by atomic mass is 16.6. The molecule has 54 heavy (non-hydrogen) atoms. The Morgan fingerprint density at radius 1 is 0.944 bits per heavy atom. The van der Waals surface area contributed by atoms with E-state index in [1.807, 2.05) is 57.3 Å². The van der Waals surface area contributed by atoms with Crippen LogP contribution in [-0.4, -0.2) is 87.0 Å². The summed E-state index contributed by atoms with van der Waals surface area (Å²) in [5, 5.41) is 17.0. The second-order valence-corrected chi connectivity index (χ2v) is 15.5. The number of pyridine rings is 1. The number of morpholine rings is 1. The molecule has 2 fully saturated rings. The molecule has 3 heterocycles. The number of nitrogens with zero attached hydrogens (tertiary/aromatic N) is 6. The molecule has 4 N–H and O–H groups in total. The second-order valence-electron chi connectivity index (χ2n) is 15.5. The topological polar surface area (TPSA) is 182 Å². The van der Waals surface area contributed by atoms with Gasteiger partial charge in [-0.2, -0.15) is 5.21 Å². The molecule has 2 aromatic heterocycles. The first-order valence-electron chi connectivity index (χ1n) is 18.7. The number of amides is 3. The van der Waals surface area contributed by atoms with E-state index in [0.717, 1.165) is 48.4 Å². The molecule has 2 aliphatic rings. The molecule has 0 bridgehead atoms. The molecule has 3 atom stereocenters. The molecule has 286 valence electrons. The Hall–Kier alpha value is -5.21. The monoisotopic (exact) mass is 737 g/mol. The Bertz CT molecular complexity index is 1840. The zero-order chi connectivity index (χ0) is 38.4. The minimum atomic E-state index is -0.967. The number of hydrogen-bond donors (Lipinski definition) is 3. The summed E-state index contributed by atoms with van der Waals surface area (Å²) in [5.74, 6) is 0.401. The Labute approximate surface area is 316 Å². The maximum Gasteiger partial charge on any atom is 0.407 e. The molecule has 3 amide bonds. The van der Waals surface area contributed by atoms with Crippen molar-refractivity contribution in [1.29, 1.82) is 0 Å². The third-order valence-electron chi connectivity index (χ3n) is 9.85. The highest BCUT2D eigenvalue weighted by molar-refractivity contribution is 6.17. The average Bonchev–Trinajstić information content (AvgIpc) is 3.69. The summed E-state index contributed by atoms with van der Waals surface area (Å²) in [5.41, 5.74) is 9.98. The van der Waals surface area contributed by atoms with Crippen molar-refractivity contribution in [1.82, 2.24) is 30.9 Å². The predicted octanol–water partition coefficient (Wildman–Crippen LogP) is 5.30. The number of carbonyl (C=O) groups is 3. The van der Waals surface area contributed by atoms with Gasteiger partial charge in [0.05, 0.1) is 23.9 Å². The molecule has 14 heteroatoms. The van der Waals surface area contributed by atoms with Gasteiger partial charge in [-0.15, -0.1) is 10.2 Å². The zero-order valence-electron chi connectivity index (χ0n) is 31.7. The lowest BCUT2D eigenvalue weighted by molar-refractivity contribution is -0.130. The number of nitrogens with one attached hydrogen (secondary N) is 2. The number of ether oxygens (including phenoxy) is 2. The first kappa shape index (κ1) is 38.5. The summed E-state index contributed by atoms with van der Waals surface area (Å²) in [4.78, 5) is 48.8. The number of rotatable bonds is 10. The van der Waals surface area contributed by atoms with Gasteiger partial charge in [-0.25, -0.2) is 14.7 Å². The predicted molar refractivity (Wildman–Crippen MR) is 205 cm³/mol. The summed E-state index contributed by atoms with van der Waals surface area (Å²) in [6.07, 6.45) is 4.60. The van der Waals surface area contributed by atoms with Crippen LogP contribution in [0.2, 0.25) is 0 Å². The van der Waals surface area contributed by atoms with Gasteiger partial charge < -0.3 is 25.4 Å². The third kappa shape index (κ3) is 9.85. The molecule has 1 saturated carbocycles. The Kier molecular flexibility index (Phi) is 12.0. The number of tetrazole rings is 1. The van der Waals surface area contributed by atoms with E-state index in [4.69, 9.17) is 20.2 Å². The molecule has 1 aliphatic carbocycles.